The summed E-state index contributed by atoms with van der Waals surface area (Å²) in [5.41, 5.74) is 2.93. The van der Waals surface area contributed by atoms with Gasteiger partial charge in [-0.15, -0.1) is 0 Å². The quantitative estimate of drug-likeness (QED) is 0.782. The second-order valence-corrected chi connectivity index (χ2v) is 7.70. The van der Waals surface area contributed by atoms with E-state index in [2.05, 4.69) is 0 Å². The van der Waals surface area contributed by atoms with E-state index in [9.17, 15) is 8.42 Å². The van der Waals surface area contributed by atoms with E-state index in [0.717, 1.165) is 22.4 Å². The van der Waals surface area contributed by atoms with Crippen LogP contribution in [0.5, 0.6) is 5.75 Å². The van der Waals surface area contributed by atoms with Crippen molar-refractivity contribution in [3.05, 3.63) is 65.2 Å². The Kier molecular flexibility index (Phi) is 5.80. The summed E-state index contributed by atoms with van der Waals surface area (Å²) >= 11 is 0. The van der Waals surface area contributed by atoms with Gasteiger partial charge in [-0.25, -0.2) is 12.7 Å². The Morgan fingerprint density at radius 2 is 1.70 bits per heavy atom. The van der Waals surface area contributed by atoms with Crippen LogP contribution in [-0.4, -0.2) is 33.4 Å². The minimum absolute atomic E-state index is 0.0235. The van der Waals surface area contributed by atoms with Crippen LogP contribution in [0.1, 0.15) is 16.7 Å². The fourth-order valence-electron chi connectivity index (χ4n) is 2.33. The molecule has 0 heterocycles. The average molecular weight is 333 g/mol. The van der Waals surface area contributed by atoms with Gasteiger partial charge in [0.2, 0.25) is 10.0 Å². The SMILES string of the molecule is COc1ccccc1CCN(C)S(=O)(=O)Cc1ccc(C)cc1. The number of sulfonamides is 1. The fraction of sp³-hybridized carbons (Fsp3) is 0.333. The zero-order valence-electron chi connectivity index (χ0n) is 13.8. The number of ether oxygens (including phenoxy) is 1. The molecule has 124 valence electrons. The van der Waals surface area contributed by atoms with E-state index in [1.54, 1.807) is 14.2 Å². The molecule has 23 heavy (non-hydrogen) atoms. The molecule has 4 nitrogen and oxygen atoms in total. The highest BCUT2D eigenvalue weighted by atomic mass is 32.2. The highest BCUT2D eigenvalue weighted by Gasteiger charge is 2.18. The van der Waals surface area contributed by atoms with Crippen molar-refractivity contribution in [2.24, 2.45) is 0 Å². The molecule has 0 N–H and O–H groups in total. The van der Waals surface area contributed by atoms with Crippen LogP contribution >= 0.6 is 0 Å². The molecule has 0 bridgehead atoms. The van der Waals surface area contributed by atoms with Crippen molar-refractivity contribution in [3.8, 4) is 5.75 Å². The van der Waals surface area contributed by atoms with Crippen molar-refractivity contribution < 1.29 is 13.2 Å². The Hall–Kier alpha value is -1.85. The van der Waals surface area contributed by atoms with Gasteiger partial charge in [0.25, 0.3) is 0 Å². The molecule has 2 aromatic rings. The summed E-state index contributed by atoms with van der Waals surface area (Å²) < 4.78 is 31.6. The van der Waals surface area contributed by atoms with Crippen LogP contribution in [0.2, 0.25) is 0 Å². The Balaban J connectivity index is 2.01. The first-order valence-corrected chi connectivity index (χ1v) is 9.15. The Bertz CT molecular complexity index is 739. The third-order valence-electron chi connectivity index (χ3n) is 3.83. The van der Waals surface area contributed by atoms with Crippen molar-refractivity contribution >= 4 is 10.0 Å². The number of para-hydroxylation sites is 1. The van der Waals surface area contributed by atoms with E-state index in [0.29, 0.717) is 13.0 Å². The lowest BCUT2D eigenvalue weighted by Gasteiger charge is -2.18. The van der Waals surface area contributed by atoms with Crippen molar-refractivity contribution in [1.29, 1.82) is 0 Å². The number of benzene rings is 2. The van der Waals surface area contributed by atoms with Gasteiger partial charge in [-0.2, -0.15) is 0 Å². The minimum Gasteiger partial charge on any atom is -0.496 e. The van der Waals surface area contributed by atoms with Crippen LogP contribution < -0.4 is 4.74 Å². The molecule has 5 heteroatoms. The number of rotatable bonds is 7. The van der Waals surface area contributed by atoms with E-state index >= 15 is 0 Å². The largest absolute Gasteiger partial charge is 0.496 e. The minimum atomic E-state index is -3.32. The number of likely N-dealkylation sites (N-methyl/N-ethyl adjacent to an activating group) is 1. The molecule has 0 amide bonds. The molecule has 0 aliphatic carbocycles. The van der Waals surface area contributed by atoms with Gasteiger partial charge in [-0.1, -0.05) is 48.0 Å². The van der Waals surface area contributed by atoms with Crippen molar-refractivity contribution in [2.45, 2.75) is 19.1 Å². The predicted molar refractivity (Wildman–Crippen MR) is 93.1 cm³/mol. The monoisotopic (exact) mass is 333 g/mol. The number of hydrogen-bond acceptors (Lipinski definition) is 3. The lowest BCUT2D eigenvalue weighted by atomic mass is 10.1. The predicted octanol–water partition coefficient (Wildman–Crippen LogP) is 3.01. The molecule has 0 aromatic heterocycles. The lowest BCUT2D eigenvalue weighted by Crippen LogP contribution is -2.30. The van der Waals surface area contributed by atoms with Gasteiger partial charge < -0.3 is 4.74 Å². The molecule has 0 unspecified atom stereocenters. The Morgan fingerprint density at radius 3 is 2.35 bits per heavy atom. The summed E-state index contributed by atoms with van der Waals surface area (Å²) in [6, 6.07) is 15.3. The summed E-state index contributed by atoms with van der Waals surface area (Å²) in [5.74, 6) is 0.812. The van der Waals surface area contributed by atoms with Gasteiger partial charge in [0.15, 0.2) is 0 Å². The molecule has 2 rings (SSSR count). The lowest BCUT2D eigenvalue weighted by molar-refractivity contribution is 0.405. The van der Waals surface area contributed by atoms with E-state index in [1.165, 1.54) is 4.31 Å². The maximum atomic E-state index is 12.5. The summed E-state index contributed by atoms with van der Waals surface area (Å²) in [7, 11) is -0.0777. The summed E-state index contributed by atoms with van der Waals surface area (Å²) in [6.07, 6.45) is 0.619. The fourth-order valence-corrected chi connectivity index (χ4v) is 3.54. The van der Waals surface area contributed by atoms with Gasteiger partial charge >= 0.3 is 0 Å². The van der Waals surface area contributed by atoms with Crippen LogP contribution in [0.4, 0.5) is 0 Å². The highest BCUT2D eigenvalue weighted by Crippen LogP contribution is 2.19. The first-order valence-electron chi connectivity index (χ1n) is 7.54. The molecule has 2 aromatic carbocycles. The first-order chi connectivity index (χ1) is 10.9. The molecule has 0 saturated carbocycles. The molecule has 0 saturated heterocycles. The molecular formula is C18H23NO3S. The number of aryl methyl sites for hydroxylation is 1. The van der Waals surface area contributed by atoms with Gasteiger partial charge in [0.1, 0.15) is 5.75 Å². The molecule has 0 atom stereocenters. The molecule has 0 aliphatic rings. The van der Waals surface area contributed by atoms with Crippen LogP contribution in [0, 0.1) is 6.92 Å². The summed E-state index contributed by atoms with van der Waals surface area (Å²) in [4.78, 5) is 0. The van der Waals surface area contributed by atoms with Crippen LogP contribution in [0.25, 0.3) is 0 Å². The Labute approximate surface area is 138 Å². The van der Waals surface area contributed by atoms with E-state index < -0.39 is 10.0 Å². The Morgan fingerprint density at radius 1 is 1.04 bits per heavy atom. The maximum absolute atomic E-state index is 12.5. The zero-order chi connectivity index (χ0) is 16.9. The first kappa shape index (κ1) is 17.5. The number of methoxy groups -OCH3 is 1. The number of nitrogens with zero attached hydrogens (tertiary/aromatic N) is 1. The van der Waals surface area contributed by atoms with Crippen LogP contribution in [0.15, 0.2) is 48.5 Å². The van der Waals surface area contributed by atoms with Gasteiger partial charge in [-0.3, -0.25) is 0 Å². The average Bonchev–Trinajstić information content (AvgIpc) is 2.54. The zero-order valence-corrected chi connectivity index (χ0v) is 14.6. The van der Waals surface area contributed by atoms with Crippen LogP contribution in [-0.2, 0) is 22.2 Å². The van der Waals surface area contributed by atoms with Crippen molar-refractivity contribution in [2.75, 3.05) is 20.7 Å². The van der Waals surface area contributed by atoms with Crippen LogP contribution in [0.3, 0.4) is 0 Å². The summed E-state index contributed by atoms with van der Waals surface area (Å²) in [6.45, 7) is 2.41. The van der Waals surface area contributed by atoms with E-state index in [-0.39, 0.29) is 5.75 Å². The van der Waals surface area contributed by atoms with E-state index in [4.69, 9.17) is 4.74 Å². The number of hydrogen-bond donors (Lipinski definition) is 0. The normalized spacial score (nSPS) is 11.7. The molecule has 0 radical (unpaired) electrons. The second-order valence-electron chi connectivity index (χ2n) is 5.63. The molecular weight excluding hydrogens is 310 g/mol. The van der Waals surface area contributed by atoms with Gasteiger partial charge in [0.05, 0.1) is 12.9 Å². The second kappa shape index (κ2) is 7.62. The molecule has 0 fully saturated rings. The third-order valence-corrected chi connectivity index (χ3v) is 5.66. The van der Waals surface area contributed by atoms with Crippen molar-refractivity contribution in [1.82, 2.24) is 4.31 Å². The smallest absolute Gasteiger partial charge is 0.218 e. The molecule has 0 spiro atoms. The molecule has 0 aliphatic heterocycles. The third kappa shape index (κ3) is 4.81. The highest BCUT2D eigenvalue weighted by molar-refractivity contribution is 7.88. The maximum Gasteiger partial charge on any atom is 0.218 e. The van der Waals surface area contributed by atoms with E-state index in [1.807, 2.05) is 55.5 Å². The van der Waals surface area contributed by atoms with Gasteiger partial charge in [-0.05, 0) is 30.5 Å². The van der Waals surface area contributed by atoms with Crippen molar-refractivity contribution in [3.63, 3.8) is 0 Å². The topological polar surface area (TPSA) is 46.6 Å². The summed E-state index contributed by atoms with van der Waals surface area (Å²) in [5, 5.41) is 0. The standard InChI is InChI=1S/C18H23NO3S/c1-15-8-10-16(11-9-15)14-23(20,21)19(2)13-12-17-6-4-5-7-18(17)22-3/h4-11H,12-14H2,1-3H3. The van der Waals surface area contributed by atoms with Gasteiger partial charge in [0, 0.05) is 13.6 Å².